The highest BCUT2D eigenvalue weighted by Crippen LogP contribution is 2.38. The van der Waals surface area contributed by atoms with E-state index in [1.165, 1.54) is 16.8 Å². The summed E-state index contributed by atoms with van der Waals surface area (Å²) in [6.07, 6.45) is 5.72. The third kappa shape index (κ3) is 5.15. The molecular weight excluding hydrogens is 480 g/mol. The van der Waals surface area contributed by atoms with Gasteiger partial charge >= 0.3 is 0 Å². The van der Waals surface area contributed by atoms with Gasteiger partial charge in [0.2, 0.25) is 5.88 Å². The van der Waals surface area contributed by atoms with Crippen LogP contribution in [0.25, 0.3) is 16.9 Å². The second-order valence-electron chi connectivity index (χ2n) is 9.40. The Bertz CT molecular complexity index is 1690. The summed E-state index contributed by atoms with van der Waals surface area (Å²) in [4.78, 5) is 11.3. The molecule has 0 spiro atoms. The highest BCUT2D eigenvalue weighted by Gasteiger charge is 2.15. The first-order valence-electron chi connectivity index (χ1n) is 12.9. The summed E-state index contributed by atoms with van der Waals surface area (Å²) in [6.45, 7) is 4.26. The first kappa shape index (κ1) is 24.2. The summed E-state index contributed by atoms with van der Waals surface area (Å²) < 4.78 is 8.16. The molecule has 0 aliphatic carbocycles. The van der Waals surface area contributed by atoms with E-state index in [0.717, 1.165) is 34.1 Å². The van der Waals surface area contributed by atoms with Crippen LogP contribution in [0.15, 0.2) is 134 Å². The summed E-state index contributed by atoms with van der Waals surface area (Å²) in [5, 5.41) is 0. The standard InChI is InChI=1S/C34H28N4O/c1-25-11-8-12-26(2)34(25)37-23-32(36-24-37)27-13-9-16-29(21-27)38(28-14-4-3-5-15-28)30-17-10-18-31(22-30)39-33-19-6-7-20-35-33/h3-24H,1-2H3. The van der Waals surface area contributed by atoms with Crippen molar-refractivity contribution in [2.24, 2.45) is 0 Å². The number of rotatable bonds is 7. The zero-order chi connectivity index (χ0) is 26.6. The molecule has 0 saturated carbocycles. The molecule has 2 heterocycles. The van der Waals surface area contributed by atoms with Crippen LogP contribution in [0, 0.1) is 13.8 Å². The topological polar surface area (TPSA) is 43.2 Å². The van der Waals surface area contributed by atoms with E-state index in [1.807, 2.05) is 60.9 Å². The van der Waals surface area contributed by atoms with Crippen LogP contribution in [-0.4, -0.2) is 14.5 Å². The molecule has 4 aromatic carbocycles. The van der Waals surface area contributed by atoms with E-state index in [1.54, 1.807) is 6.20 Å². The summed E-state index contributed by atoms with van der Waals surface area (Å²) >= 11 is 0. The van der Waals surface area contributed by atoms with E-state index in [0.29, 0.717) is 5.88 Å². The molecule has 6 rings (SSSR count). The number of pyridine rings is 1. The van der Waals surface area contributed by atoms with Gasteiger partial charge in [-0.2, -0.15) is 0 Å². The first-order valence-corrected chi connectivity index (χ1v) is 12.9. The third-order valence-corrected chi connectivity index (χ3v) is 6.63. The highest BCUT2D eigenvalue weighted by atomic mass is 16.5. The lowest BCUT2D eigenvalue weighted by Crippen LogP contribution is -2.10. The van der Waals surface area contributed by atoms with Crippen LogP contribution in [0.5, 0.6) is 11.6 Å². The van der Waals surface area contributed by atoms with Crippen molar-refractivity contribution in [3.05, 3.63) is 145 Å². The van der Waals surface area contributed by atoms with E-state index in [9.17, 15) is 0 Å². The van der Waals surface area contributed by atoms with Gasteiger partial charge in [0, 0.05) is 47.2 Å². The molecule has 0 unspecified atom stereocenters. The number of aryl methyl sites for hydroxylation is 2. The molecular formula is C34H28N4O. The van der Waals surface area contributed by atoms with Gasteiger partial charge < -0.3 is 14.2 Å². The first-order chi connectivity index (χ1) is 19.2. The lowest BCUT2D eigenvalue weighted by molar-refractivity contribution is 0.463. The zero-order valence-corrected chi connectivity index (χ0v) is 21.9. The number of anilines is 3. The molecule has 5 nitrogen and oxygen atoms in total. The summed E-state index contributed by atoms with van der Waals surface area (Å²) in [5.74, 6) is 1.28. The highest BCUT2D eigenvalue weighted by molar-refractivity contribution is 5.79. The molecule has 6 aromatic rings. The van der Waals surface area contributed by atoms with Gasteiger partial charge in [-0.1, -0.05) is 60.7 Å². The molecule has 0 bridgehead atoms. The van der Waals surface area contributed by atoms with Crippen LogP contribution in [0.1, 0.15) is 11.1 Å². The number of para-hydroxylation sites is 2. The number of ether oxygens (including phenoxy) is 1. The van der Waals surface area contributed by atoms with Crippen molar-refractivity contribution >= 4 is 17.1 Å². The normalized spacial score (nSPS) is 10.8. The molecule has 0 N–H and O–H groups in total. The number of nitrogens with zero attached hydrogens (tertiary/aromatic N) is 4. The van der Waals surface area contributed by atoms with Gasteiger partial charge in [0.1, 0.15) is 5.75 Å². The average molecular weight is 509 g/mol. The van der Waals surface area contributed by atoms with Gasteiger partial charge in [-0.3, -0.25) is 0 Å². The van der Waals surface area contributed by atoms with Gasteiger partial charge in [0.15, 0.2) is 0 Å². The molecule has 0 radical (unpaired) electrons. The maximum Gasteiger partial charge on any atom is 0.219 e. The zero-order valence-electron chi connectivity index (χ0n) is 21.9. The Balaban J connectivity index is 1.39. The van der Waals surface area contributed by atoms with Crippen molar-refractivity contribution in [2.45, 2.75) is 13.8 Å². The lowest BCUT2D eigenvalue weighted by Gasteiger charge is -2.26. The summed E-state index contributed by atoms with van der Waals surface area (Å²) in [7, 11) is 0. The Labute approximate surface area is 228 Å². The average Bonchev–Trinajstić information content (AvgIpc) is 3.45. The van der Waals surface area contributed by atoms with Crippen LogP contribution >= 0.6 is 0 Å². The van der Waals surface area contributed by atoms with E-state index in [2.05, 4.69) is 95.2 Å². The van der Waals surface area contributed by atoms with Crippen molar-refractivity contribution in [1.29, 1.82) is 0 Å². The van der Waals surface area contributed by atoms with E-state index < -0.39 is 0 Å². The van der Waals surface area contributed by atoms with Crippen LogP contribution < -0.4 is 9.64 Å². The van der Waals surface area contributed by atoms with Gasteiger partial charge in [0.05, 0.1) is 17.7 Å². The monoisotopic (exact) mass is 508 g/mol. The molecule has 0 fully saturated rings. The minimum atomic E-state index is 0.558. The van der Waals surface area contributed by atoms with Gasteiger partial charge in [-0.05, 0) is 67.4 Å². The van der Waals surface area contributed by atoms with Crippen LogP contribution in [0.2, 0.25) is 0 Å². The van der Waals surface area contributed by atoms with E-state index >= 15 is 0 Å². The maximum absolute atomic E-state index is 6.05. The van der Waals surface area contributed by atoms with Crippen molar-refractivity contribution in [3.8, 4) is 28.6 Å². The van der Waals surface area contributed by atoms with Gasteiger partial charge in [-0.15, -0.1) is 0 Å². The third-order valence-electron chi connectivity index (χ3n) is 6.63. The maximum atomic E-state index is 6.05. The largest absolute Gasteiger partial charge is 0.439 e. The molecule has 190 valence electrons. The van der Waals surface area contributed by atoms with Crippen molar-refractivity contribution < 1.29 is 4.74 Å². The molecule has 39 heavy (non-hydrogen) atoms. The number of benzene rings is 4. The van der Waals surface area contributed by atoms with Crippen molar-refractivity contribution in [1.82, 2.24) is 14.5 Å². The smallest absolute Gasteiger partial charge is 0.219 e. The molecule has 0 amide bonds. The SMILES string of the molecule is Cc1cccc(C)c1-n1cnc(-c2cccc(N(c3ccccc3)c3cccc(Oc4ccccn4)c3)c2)c1. The van der Waals surface area contributed by atoms with Crippen LogP contribution in [0.4, 0.5) is 17.1 Å². The van der Waals surface area contributed by atoms with Crippen LogP contribution in [-0.2, 0) is 0 Å². The Morgan fingerprint density at radius 2 is 1.33 bits per heavy atom. The van der Waals surface area contributed by atoms with E-state index in [-0.39, 0.29) is 0 Å². The molecule has 2 aromatic heterocycles. The Kier molecular flexibility index (Phi) is 6.62. The Hall–Kier alpha value is -5.16. The van der Waals surface area contributed by atoms with E-state index in [4.69, 9.17) is 9.72 Å². The predicted octanol–water partition coefficient (Wildman–Crippen LogP) is 8.81. The number of imidazole rings is 1. The molecule has 0 aliphatic heterocycles. The predicted molar refractivity (Wildman–Crippen MR) is 157 cm³/mol. The second-order valence-corrected chi connectivity index (χ2v) is 9.40. The minimum Gasteiger partial charge on any atom is -0.439 e. The number of hydrogen-bond acceptors (Lipinski definition) is 4. The summed E-state index contributed by atoms with van der Waals surface area (Å²) in [6, 6.07) is 38.8. The fourth-order valence-corrected chi connectivity index (χ4v) is 4.85. The fourth-order valence-electron chi connectivity index (χ4n) is 4.85. The summed E-state index contributed by atoms with van der Waals surface area (Å²) in [5.41, 5.74) is 8.61. The molecule has 0 aliphatic rings. The van der Waals surface area contributed by atoms with Gasteiger partial charge in [-0.25, -0.2) is 9.97 Å². The molecule has 0 atom stereocenters. The number of aromatic nitrogens is 3. The lowest BCUT2D eigenvalue weighted by atomic mass is 10.1. The molecule has 5 heteroatoms. The van der Waals surface area contributed by atoms with Crippen LogP contribution in [0.3, 0.4) is 0 Å². The fraction of sp³-hybridized carbons (Fsp3) is 0.0588. The molecule has 0 saturated heterocycles. The number of hydrogen-bond donors (Lipinski definition) is 0. The Morgan fingerprint density at radius 1 is 0.641 bits per heavy atom. The quantitative estimate of drug-likeness (QED) is 0.216. The van der Waals surface area contributed by atoms with Crippen molar-refractivity contribution in [3.63, 3.8) is 0 Å². The minimum absolute atomic E-state index is 0.558. The van der Waals surface area contributed by atoms with Crippen molar-refractivity contribution in [2.75, 3.05) is 4.90 Å². The second kappa shape index (κ2) is 10.7. The van der Waals surface area contributed by atoms with Gasteiger partial charge in [0.25, 0.3) is 0 Å². The Morgan fingerprint density at radius 3 is 2.10 bits per heavy atom.